The van der Waals surface area contributed by atoms with Crippen LogP contribution in [0.25, 0.3) is 0 Å². The highest BCUT2D eigenvalue weighted by atomic mass is 32.2. The molecule has 0 spiro atoms. The monoisotopic (exact) mass is 257 g/mol. The van der Waals surface area contributed by atoms with Crippen molar-refractivity contribution in [1.29, 1.82) is 0 Å². The maximum atomic E-state index is 11.4. The quantitative estimate of drug-likeness (QED) is 0.867. The van der Waals surface area contributed by atoms with E-state index in [4.69, 9.17) is 10.5 Å². The number of nitrogens with two attached hydrogens (primary N) is 1. The maximum Gasteiger partial charge on any atom is 0.175 e. The summed E-state index contributed by atoms with van der Waals surface area (Å²) in [6.45, 7) is 4.95. The van der Waals surface area contributed by atoms with Gasteiger partial charge in [0.1, 0.15) is 5.75 Å². The fourth-order valence-corrected chi connectivity index (χ4v) is 1.79. The largest absolute Gasteiger partial charge is 0.493 e. The summed E-state index contributed by atoms with van der Waals surface area (Å²) < 4.78 is 28.3. The van der Waals surface area contributed by atoms with Crippen LogP contribution in [-0.2, 0) is 9.84 Å². The van der Waals surface area contributed by atoms with Crippen molar-refractivity contribution in [1.82, 2.24) is 0 Å². The van der Waals surface area contributed by atoms with Gasteiger partial charge in [0.2, 0.25) is 0 Å². The highest BCUT2D eigenvalue weighted by Crippen LogP contribution is 2.20. The third-order valence-electron chi connectivity index (χ3n) is 2.42. The Balaban J connectivity index is 2.81. The standard InChI is InChI=1S/C12H19NO3S/c1-12(2,8-13)9-16-10-5-4-6-11(7-10)17(3,14)15/h4-7H,8-9,13H2,1-3H3. The lowest BCUT2D eigenvalue weighted by molar-refractivity contribution is 0.187. The molecule has 0 amide bonds. The average molecular weight is 257 g/mol. The van der Waals surface area contributed by atoms with Gasteiger partial charge in [0.05, 0.1) is 11.5 Å². The second-order valence-electron chi connectivity index (χ2n) is 4.90. The van der Waals surface area contributed by atoms with Crippen molar-refractivity contribution in [2.75, 3.05) is 19.4 Å². The minimum atomic E-state index is -3.19. The molecule has 0 saturated carbocycles. The molecule has 17 heavy (non-hydrogen) atoms. The van der Waals surface area contributed by atoms with E-state index in [1.807, 2.05) is 13.8 Å². The van der Waals surface area contributed by atoms with Crippen molar-refractivity contribution in [2.45, 2.75) is 18.7 Å². The molecule has 0 bridgehead atoms. The van der Waals surface area contributed by atoms with E-state index in [2.05, 4.69) is 0 Å². The molecule has 0 saturated heterocycles. The van der Waals surface area contributed by atoms with Crippen LogP contribution in [0.4, 0.5) is 0 Å². The predicted octanol–water partition coefficient (Wildman–Crippen LogP) is 1.45. The minimum absolute atomic E-state index is 0.124. The van der Waals surface area contributed by atoms with E-state index in [1.165, 1.54) is 12.3 Å². The summed E-state index contributed by atoms with van der Waals surface area (Å²) in [5, 5.41) is 0. The number of benzene rings is 1. The highest BCUT2D eigenvalue weighted by molar-refractivity contribution is 7.90. The highest BCUT2D eigenvalue weighted by Gasteiger charge is 2.17. The zero-order valence-corrected chi connectivity index (χ0v) is 11.3. The van der Waals surface area contributed by atoms with Gasteiger partial charge in [-0.3, -0.25) is 0 Å². The SMILES string of the molecule is CC(C)(CN)COc1cccc(S(C)(=O)=O)c1. The Kier molecular flexibility index (Phi) is 4.16. The minimum Gasteiger partial charge on any atom is -0.493 e. The topological polar surface area (TPSA) is 69.4 Å². The molecule has 0 radical (unpaired) electrons. The Morgan fingerprint density at radius 2 is 2.00 bits per heavy atom. The van der Waals surface area contributed by atoms with Crippen LogP contribution in [-0.4, -0.2) is 27.8 Å². The average Bonchev–Trinajstić information content (AvgIpc) is 2.26. The zero-order valence-electron chi connectivity index (χ0n) is 10.4. The van der Waals surface area contributed by atoms with Crippen molar-refractivity contribution in [3.8, 4) is 5.75 Å². The predicted molar refractivity (Wildman–Crippen MR) is 67.9 cm³/mol. The summed E-state index contributed by atoms with van der Waals surface area (Å²) in [7, 11) is -3.19. The Morgan fingerprint density at radius 3 is 2.53 bits per heavy atom. The molecule has 1 aromatic rings. The molecular weight excluding hydrogens is 238 g/mol. The number of rotatable bonds is 5. The Morgan fingerprint density at radius 1 is 1.35 bits per heavy atom. The number of sulfone groups is 1. The molecule has 5 heteroatoms. The van der Waals surface area contributed by atoms with E-state index < -0.39 is 9.84 Å². The molecule has 4 nitrogen and oxygen atoms in total. The van der Waals surface area contributed by atoms with Crippen LogP contribution in [0.3, 0.4) is 0 Å². The van der Waals surface area contributed by atoms with Crippen LogP contribution >= 0.6 is 0 Å². The van der Waals surface area contributed by atoms with Gasteiger partial charge >= 0.3 is 0 Å². The van der Waals surface area contributed by atoms with E-state index in [9.17, 15) is 8.42 Å². The van der Waals surface area contributed by atoms with Crippen molar-refractivity contribution in [3.63, 3.8) is 0 Å². The van der Waals surface area contributed by atoms with Crippen molar-refractivity contribution < 1.29 is 13.2 Å². The van der Waals surface area contributed by atoms with Gasteiger partial charge in [-0.2, -0.15) is 0 Å². The van der Waals surface area contributed by atoms with Crippen LogP contribution in [0.1, 0.15) is 13.8 Å². The van der Waals surface area contributed by atoms with Crippen molar-refractivity contribution in [3.05, 3.63) is 24.3 Å². The third-order valence-corrected chi connectivity index (χ3v) is 3.53. The lowest BCUT2D eigenvalue weighted by Crippen LogP contribution is -2.30. The van der Waals surface area contributed by atoms with Gasteiger partial charge in [-0.15, -0.1) is 0 Å². The fraction of sp³-hybridized carbons (Fsp3) is 0.500. The van der Waals surface area contributed by atoms with Crippen molar-refractivity contribution in [2.24, 2.45) is 11.1 Å². The van der Waals surface area contributed by atoms with Crippen LogP contribution < -0.4 is 10.5 Å². The first-order chi connectivity index (χ1) is 7.74. The number of ether oxygens (including phenoxy) is 1. The molecule has 0 aliphatic carbocycles. The zero-order chi connectivity index (χ0) is 13.1. The third kappa shape index (κ3) is 4.36. The van der Waals surface area contributed by atoms with E-state index >= 15 is 0 Å². The van der Waals surface area contributed by atoms with Crippen LogP contribution in [0.15, 0.2) is 29.2 Å². The summed E-state index contributed by atoms with van der Waals surface area (Å²) in [5.74, 6) is 0.550. The Bertz CT molecular complexity index is 480. The molecule has 1 rings (SSSR count). The molecule has 2 N–H and O–H groups in total. The Labute approximate surface area is 103 Å². The van der Waals surface area contributed by atoms with E-state index in [0.717, 1.165) is 0 Å². The lowest BCUT2D eigenvalue weighted by atomic mass is 9.95. The van der Waals surface area contributed by atoms with Crippen molar-refractivity contribution >= 4 is 9.84 Å². The molecule has 0 aliphatic heterocycles. The number of hydrogen-bond donors (Lipinski definition) is 1. The molecular formula is C12H19NO3S. The first-order valence-corrected chi connectivity index (χ1v) is 7.27. The summed E-state index contributed by atoms with van der Waals surface area (Å²) >= 11 is 0. The molecule has 96 valence electrons. The molecule has 0 aliphatic rings. The molecule has 1 aromatic carbocycles. The normalized spacial score (nSPS) is 12.5. The van der Waals surface area contributed by atoms with Gasteiger partial charge in [-0.05, 0) is 18.2 Å². The first kappa shape index (κ1) is 14.0. The van der Waals surface area contributed by atoms with Gasteiger partial charge < -0.3 is 10.5 Å². The summed E-state index contributed by atoms with van der Waals surface area (Å²) in [5.41, 5.74) is 5.47. The summed E-state index contributed by atoms with van der Waals surface area (Å²) in [6.07, 6.45) is 1.18. The van der Waals surface area contributed by atoms with Crippen LogP contribution in [0, 0.1) is 5.41 Å². The number of hydrogen-bond acceptors (Lipinski definition) is 4. The van der Waals surface area contributed by atoms with E-state index in [-0.39, 0.29) is 10.3 Å². The van der Waals surface area contributed by atoms with Crippen LogP contribution in [0.2, 0.25) is 0 Å². The Hall–Kier alpha value is -1.07. The summed E-state index contributed by atoms with van der Waals surface area (Å²) in [6, 6.07) is 6.49. The van der Waals surface area contributed by atoms with E-state index in [1.54, 1.807) is 18.2 Å². The second kappa shape index (κ2) is 5.06. The molecule has 0 heterocycles. The molecule has 0 unspecified atom stereocenters. The van der Waals surface area contributed by atoms with Gasteiger partial charge in [0.15, 0.2) is 9.84 Å². The molecule has 0 aromatic heterocycles. The first-order valence-electron chi connectivity index (χ1n) is 5.38. The molecule has 0 atom stereocenters. The smallest absolute Gasteiger partial charge is 0.175 e. The fourth-order valence-electron chi connectivity index (χ4n) is 1.13. The van der Waals surface area contributed by atoms with Crippen LogP contribution in [0.5, 0.6) is 5.75 Å². The van der Waals surface area contributed by atoms with E-state index in [0.29, 0.717) is 18.9 Å². The maximum absolute atomic E-state index is 11.4. The van der Waals surface area contributed by atoms with Gasteiger partial charge in [-0.1, -0.05) is 19.9 Å². The second-order valence-corrected chi connectivity index (χ2v) is 6.92. The lowest BCUT2D eigenvalue weighted by Gasteiger charge is -2.22. The molecule has 0 fully saturated rings. The van der Waals surface area contributed by atoms with Gasteiger partial charge in [-0.25, -0.2) is 8.42 Å². The van der Waals surface area contributed by atoms with Gasteiger partial charge in [0.25, 0.3) is 0 Å². The summed E-state index contributed by atoms with van der Waals surface area (Å²) in [4.78, 5) is 0.264. The van der Waals surface area contributed by atoms with Gasteiger partial charge in [0, 0.05) is 18.2 Å².